The van der Waals surface area contributed by atoms with Crippen molar-refractivity contribution < 1.29 is 27.2 Å². The fraction of sp³-hybridized carbons (Fsp3) is 0.238. The molecule has 0 atom stereocenters. The second kappa shape index (κ2) is 8.60. The lowest BCUT2D eigenvalue weighted by Crippen LogP contribution is -2.14. The minimum Gasteiger partial charge on any atom is -0.465 e. The van der Waals surface area contributed by atoms with E-state index in [1.54, 1.807) is 12.1 Å². The zero-order valence-electron chi connectivity index (χ0n) is 16.4. The quantitative estimate of drug-likeness (QED) is 0.479. The molecule has 0 aliphatic heterocycles. The number of halogens is 1. The second-order valence-electron chi connectivity index (χ2n) is 6.94. The molecule has 4 rings (SSSR count). The van der Waals surface area contributed by atoms with Gasteiger partial charge in [0.25, 0.3) is 5.91 Å². The first-order valence-corrected chi connectivity index (χ1v) is 12.5. The van der Waals surface area contributed by atoms with Gasteiger partial charge in [0.15, 0.2) is 5.76 Å². The highest BCUT2D eigenvalue weighted by atomic mass is 79.9. The first-order chi connectivity index (χ1) is 14.8. The van der Waals surface area contributed by atoms with Gasteiger partial charge in [0.1, 0.15) is 5.00 Å². The molecule has 10 heteroatoms. The molecular weight excluding hydrogens is 506 g/mol. The van der Waals surface area contributed by atoms with Gasteiger partial charge in [-0.05, 0) is 67.6 Å². The van der Waals surface area contributed by atoms with Crippen LogP contribution in [0, 0.1) is 0 Å². The van der Waals surface area contributed by atoms with Crippen LogP contribution in [0.2, 0.25) is 0 Å². The van der Waals surface area contributed by atoms with Crippen LogP contribution in [0.1, 0.15) is 44.2 Å². The van der Waals surface area contributed by atoms with Crippen molar-refractivity contribution in [1.82, 2.24) is 0 Å². The average Bonchev–Trinajstić information content (AvgIpc) is 3.39. The molecule has 3 aromatic rings. The van der Waals surface area contributed by atoms with Crippen molar-refractivity contribution >= 4 is 54.0 Å². The van der Waals surface area contributed by atoms with Crippen molar-refractivity contribution in [3.05, 3.63) is 62.6 Å². The molecule has 0 fully saturated rings. The van der Waals surface area contributed by atoms with Crippen LogP contribution in [0.4, 0.5) is 5.00 Å². The summed E-state index contributed by atoms with van der Waals surface area (Å²) in [5.74, 6) is -1.31. The van der Waals surface area contributed by atoms with E-state index in [1.807, 2.05) is 0 Å². The van der Waals surface area contributed by atoms with E-state index in [-0.39, 0.29) is 15.7 Å². The Labute approximate surface area is 191 Å². The Balaban J connectivity index is 1.61. The molecule has 1 aliphatic rings. The Morgan fingerprint density at radius 1 is 1.10 bits per heavy atom. The summed E-state index contributed by atoms with van der Waals surface area (Å²) in [5.41, 5.74) is 1.28. The molecule has 0 saturated heterocycles. The third-order valence-electron chi connectivity index (χ3n) is 4.98. The smallest absolute Gasteiger partial charge is 0.341 e. The van der Waals surface area contributed by atoms with E-state index in [0.717, 1.165) is 40.6 Å². The largest absolute Gasteiger partial charge is 0.465 e. The molecule has 1 amide bonds. The number of furan rings is 1. The molecular formula is C21H18BrNO6S2. The maximum atomic E-state index is 12.8. The van der Waals surface area contributed by atoms with Crippen LogP contribution in [0.15, 0.2) is 55.3 Å². The Morgan fingerprint density at radius 2 is 1.81 bits per heavy atom. The number of methoxy groups -OCH3 is 1. The monoisotopic (exact) mass is 523 g/mol. The minimum absolute atomic E-state index is 0.0518. The predicted molar refractivity (Wildman–Crippen MR) is 119 cm³/mol. The van der Waals surface area contributed by atoms with Crippen LogP contribution in [-0.2, 0) is 27.4 Å². The predicted octanol–water partition coefficient (Wildman–Crippen LogP) is 4.85. The number of carbonyl (C=O) groups is 2. The molecule has 0 spiro atoms. The molecule has 1 N–H and O–H groups in total. The number of hydrogen-bond donors (Lipinski definition) is 1. The first-order valence-electron chi connectivity index (χ1n) is 9.46. The van der Waals surface area contributed by atoms with Crippen LogP contribution >= 0.6 is 27.3 Å². The first kappa shape index (κ1) is 21.8. The summed E-state index contributed by atoms with van der Waals surface area (Å²) in [4.78, 5) is 26.2. The number of benzene rings is 1. The molecule has 2 heterocycles. The SMILES string of the molecule is COC(=O)c1c(NC(=O)c2ccc(S(=O)(=O)c3ccc(Br)cc3)o2)sc2c1CCCC2. The van der Waals surface area contributed by atoms with Gasteiger partial charge in [-0.3, -0.25) is 4.79 Å². The van der Waals surface area contributed by atoms with Gasteiger partial charge in [0.05, 0.1) is 17.6 Å². The Morgan fingerprint density at radius 3 is 2.52 bits per heavy atom. The summed E-state index contributed by atoms with van der Waals surface area (Å²) in [6.07, 6.45) is 3.59. The number of aryl methyl sites for hydroxylation is 1. The number of rotatable bonds is 5. The number of esters is 1. The number of ether oxygens (including phenoxy) is 1. The lowest BCUT2D eigenvalue weighted by Gasteiger charge is -2.11. The van der Waals surface area contributed by atoms with Gasteiger partial charge in [0, 0.05) is 9.35 Å². The molecule has 0 radical (unpaired) electrons. The van der Waals surface area contributed by atoms with Crippen LogP contribution in [-0.4, -0.2) is 27.4 Å². The number of carbonyl (C=O) groups excluding carboxylic acids is 2. The summed E-state index contributed by atoms with van der Waals surface area (Å²) in [6, 6.07) is 8.65. The Bertz CT molecular complexity index is 1260. The van der Waals surface area contributed by atoms with Gasteiger partial charge < -0.3 is 14.5 Å². The average molecular weight is 524 g/mol. The highest BCUT2D eigenvalue weighted by Crippen LogP contribution is 2.39. The number of nitrogens with one attached hydrogen (secondary N) is 1. The number of amides is 1. The molecule has 7 nitrogen and oxygen atoms in total. The van der Waals surface area contributed by atoms with Gasteiger partial charge in [-0.15, -0.1) is 11.3 Å². The van der Waals surface area contributed by atoms with Gasteiger partial charge in [-0.1, -0.05) is 15.9 Å². The van der Waals surface area contributed by atoms with Gasteiger partial charge in [0.2, 0.25) is 14.9 Å². The number of fused-ring (bicyclic) bond motifs is 1. The van der Waals surface area contributed by atoms with E-state index >= 15 is 0 Å². The van der Waals surface area contributed by atoms with Gasteiger partial charge in [-0.25, -0.2) is 13.2 Å². The molecule has 1 aliphatic carbocycles. The van der Waals surface area contributed by atoms with E-state index in [1.165, 1.54) is 42.7 Å². The van der Waals surface area contributed by atoms with E-state index in [9.17, 15) is 18.0 Å². The summed E-state index contributed by atoms with van der Waals surface area (Å²) in [5, 5.41) is 2.75. The number of thiophene rings is 1. The molecule has 0 bridgehead atoms. The summed E-state index contributed by atoms with van der Waals surface area (Å²) in [7, 11) is -2.61. The Kier molecular flexibility index (Phi) is 6.05. The standard InChI is InChI=1S/C21H18BrNO6S2/c1-28-21(25)18-14-4-2-3-5-16(14)30-20(18)23-19(24)15-10-11-17(29-15)31(26,27)13-8-6-12(22)7-9-13/h6-11H,2-5H2,1H3,(H,23,24). The normalized spacial score (nSPS) is 13.5. The van der Waals surface area contributed by atoms with Gasteiger partial charge in [-0.2, -0.15) is 0 Å². The number of hydrogen-bond acceptors (Lipinski definition) is 7. The zero-order chi connectivity index (χ0) is 22.2. The van der Waals surface area contributed by atoms with Crippen molar-refractivity contribution in [2.75, 3.05) is 12.4 Å². The van der Waals surface area contributed by atoms with Crippen molar-refractivity contribution in [3.63, 3.8) is 0 Å². The maximum absolute atomic E-state index is 12.8. The van der Waals surface area contributed by atoms with Gasteiger partial charge >= 0.3 is 5.97 Å². The highest BCUT2D eigenvalue weighted by Gasteiger charge is 2.28. The van der Waals surface area contributed by atoms with E-state index in [4.69, 9.17) is 9.15 Å². The zero-order valence-corrected chi connectivity index (χ0v) is 19.7. The molecule has 1 aromatic carbocycles. The number of anilines is 1. The molecule has 2 aromatic heterocycles. The van der Waals surface area contributed by atoms with E-state index in [0.29, 0.717) is 10.6 Å². The van der Waals surface area contributed by atoms with E-state index in [2.05, 4.69) is 21.2 Å². The molecule has 162 valence electrons. The van der Waals surface area contributed by atoms with Crippen molar-refractivity contribution in [2.24, 2.45) is 0 Å². The molecule has 0 saturated carbocycles. The lowest BCUT2D eigenvalue weighted by atomic mass is 9.95. The highest BCUT2D eigenvalue weighted by molar-refractivity contribution is 9.10. The fourth-order valence-electron chi connectivity index (χ4n) is 3.45. The van der Waals surface area contributed by atoms with Crippen LogP contribution in [0.25, 0.3) is 0 Å². The molecule has 31 heavy (non-hydrogen) atoms. The van der Waals surface area contributed by atoms with Crippen molar-refractivity contribution in [3.8, 4) is 0 Å². The van der Waals surface area contributed by atoms with Crippen molar-refractivity contribution in [1.29, 1.82) is 0 Å². The fourth-order valence-corrected chi connectivity index (χ4v) is 6.16. The second-order valence-corrected chi connectivity index (χ2v) is 10.8. The van der Waals surface area contributed by atoms with Crippen molar-refractivity contribution in [2.45, 2.75) is 35.7 Å². The third kappa shape index (κ3) is 4.19. The van der Waals surface area contributed by atoms with Crippen LogP contribution < -0.4 is 5.32 Å². The Hall–Kier alpha value is -2.43. The van der Waals surface area contributed by atoms with Crippen LogP contribution in [0.3, 0.4) is 0 Å². The third-order valence-corrected chi connectivity index (χ3v) is 8.36. The summed E-state index contributed by atoms with van der Waals surface area (Å²) >= 11 is 4.60. The van der Waals surface area contributed by atoms with Crippen LogP contribution in [0.5, 0.6) is 0 Å². The van der Waals surface area contributed by atoms with E-state index < -0.39 is 21.7 Å². The topological polar surface area (TPSA) is 103 Å². The lowest BCUT2D eigenvalue weighted by molar-refractivity contribution is 0.0601. The maximum Gasteiger partial charge on any atom is 0.341 e. The minimum atomic E-state index is -3.91. The summed E-state index contributed by atoms with van der Waals surface area (Å²) in [6.45, 7) is 0. The molecule has 0 unspecified atom stereocenters. The summed E-state index contributed by atoms with van der Waals surface area (Å²) < 4.78 is 36.5. The number of sulfone groups is 1.